The van der Waals surface area contributed by atoms with Crippen molar-refractivity contribution in [2.24, 2.45) is 0 Å². The topological polar surface area (TPSA) is 122 Å². The van der Waals surface area contributed by atoms with E-state index in [1.807, 2.05) is 17.5 Å². The van der Waals surface area contributed by atoms with E-state index in [0.717, 1.165) is 16.5 Å². The van der Waals surface area contributed by atoms with Crippen molar-refractivity contribution in [3.63, 3.8) is 0 Å². The summed E-state index contributed by atoms with van der Waals surface area (Å²) in [5.41, 5.74) is 1.53. The third-order valence-electron chi connectivity index (χ3n) is 4.25. The summed E-state index contributed by atoms with van der Waals surface area (Å²) in [5.74, 6) is 0. The average Bonchev–Trinajstić information content (AvgIpc) is 3.45. The van der Waals surface area contributed by atoms with Crippen LogP contribution >= 0.6 is 23.7 Å². The second kappa shape index (κ2) is 10.7. The zero-order valence-corrected chi connectivity index (χ0v) is 19.4. The fraction of sp³-hybridized carbons (Fsp3) is 0.286. The summed E-state index contributed by atoms with van der Waals surface area (Å²) in [5, 5.41) is 19.8. The zero-order valence-electron chi connectivity index (χ0n) is 15.7. The van der Waals surface area contributed by atoms with Gasteiger partial charge in [0.15, 0.2) is 5.13 Å². The smallest absolute Gasteiger partial charge is 0.383 e. The van der Waals surface area contributed by atoms with Gasteiger partial charge in [-0.05, 0) is 12.1 Å². The second-order valence-corrected chi connectivity index (χ2v) is 7.27. The van der Waals surface area contributed by atoms with Gasteiger partial charge in [0.1, 0.15) is 12.2 Å². The van der Waals surface area contributed by atoms with Crippen LogP contribution in [0.25, 0.3) is 5.70 Å². The molecule has 0 saturated carbocycles. The molecule has 2 aromatic rings. The molecular weight excluding hydrogens is 446 g/mol. The van der Waals surface area contributed by atoms with Gasteiger partial charge < -0.3 is 14.5 Å². The van der Waals surface area contributed by atoms with Gasteiger partial charge in [-0.15, -0.1) is 15.7 Å². The molecule has 2 aromatic heterocycles. The maximum atomic E-state index is 12.4. The van der Waals surface area contributed by atoms with Crippen molar-refractivity contribution in [1.29, 1.82) is 0 Å². The number of hydrogen-bond donors (Lipinski definition) is 1. The van der Waals surface area contributed by atoms with E-state index in [9.17, 15) is 9.59 Å². The van der Waals surface area contributed by atoms with E-state index in [1.54, 1.807) is 26.8 Å². The minimum Gasteiger partial charge on any atom is -0.383 e. The average molecular weight is 460 g/mol. The fourth-order valence-corrected chi connectivity index (χ4v) is 3.99. The van der Waals surface area contributed by atoms with Crippen LogP contribution in [-0.2, 0) is 25.0 Å². The second-order valence-electron chi connectivity index (χ2n) is 5.98. The molecule has 4 heterocycles. The molecule has 4 rings (SSSR count). The van der Waals surface area contributed by atoms with Crippen molar-refractivity contribution in [2.45, 2.75) is 12.6 Å². The molecule has 1 atom stereocenters. The minimum absolute atomic E-state index is 0. The molecule has 30 heavy (non-hydrogen) atoms. The fourth-order valence-electron chi connectivity index (χ4n) is 3.07. The van der Waals surface area contributed by atoms with E-state index in [1.165, 1.54) is 18.8 Å². The molecule has 0 aliphatic carbocycles. The maximum Gasteiger partial charge on any atom is 1.00 e. The van der Waals surface area contributed by atoms with Crippen LogP contribution in [0.3, 0.4) is 0 Å². The predicted molar refractivity (Wildman–Crippen MR) is 103 cm³/mol. The summed E-state index contributed by atoms with van der Waals surface area (Å²) in [6.07, 6.45) is 6.04. The number of nitrogens with zero attached hydrogens (tertiary/aromatic N) is 6. The Morgan fingerprint density at radius 2 is 2.37 bits per heavy atom. The molecule has 2 bridgehead atoms. The number of fused-ring (bicyclic) bond motifs is 2. The molecular formula is C14H14BN6NaO6S2+. The predicted octanol–water partition coefficient (Wildman–Crippen LogP) is -1.96. The summed E-state index contributed by atoms with van der Waals surface area (Å²) in [7, 11) is 1.41. The first-order chi connectivity index (χ1) is 14.2. The van der Waals surface area contributed by atoms with E-state index in [0.29, 0.717) is 43.3 Å². The number of carbonyl (C=O) groups is 2. The normalized spacial score (nSPS) is 17.6. The van der Waals surface area contributed by atoms with Crippen molar-refractivity contribution < 1.29 is 58.1 Å². The zero-order chi connectivity index (χ0) is 20.2. The van der Waals surface area contributed by atoms with Crippen molar-refractivity contribution in [3.8, 4) is 0 Å². The molecule has 0 spiro atoms. The number of thiazole rings is 1. The molecule has 1 fully saturated rings. The summed E-state index contributed by atoms with van der Waals surface area (Å²) in [4.78, 5) is 30.8. The summed E-state index contributed by atoms with van der Waals surface area (Å²) >= 11 is 1.75. The molecule has 0 aromatic carbocycles. The molecule has 16 heteroatoms. The van der Waals surface area contributed by atoms with Crippen LogP contribution in [-0.4, -0.2) is 68.7 Å². The Hall–Kier alpha value is -1.43. The van der Waals surface area contributed by atoms with Gasteiger partial charge in [-0.1, -0.05) is 5.04 Å². The molecule has 12 nitrogen and oxygen atoms in total. The van der Waals surface area contributed by atoms with Crippen LogP contribution in [0, 0.1) is 0 Å². The molecule has 1 saturated heterocycles. The third-order valence-corrected chi connectivity index (χ3v) is 5.40. The van der Waals surface area contributed by atoms with Crippen molar-refractivity contribution in [3.05, 3.63) is 35.6 Å². The van der Waals surface area contributed by atoms with Crippen molar-refractivity contribution in [2.75, 3.05) is 17.9 Å². The van der Waals surface area contributed by atoms with E-state index in [-0.39, 0.29) is 41.6 Å². The number of aromatic nitrogens is 3. The largest absolute Gasteiger partial charge is 1.00 e. The van der Waals surface area contributed by atoms with E-state index < -0.39 is 0 Å². The number of carbonyl (C=O) groups excluding carboxylic acids is 2. The van der Waals surface area contributed by atoms with E-state index >= 15 is 0 Å². The quantitative estimate of drug-likeness (QED) is 0.107. The Morgan fingerprint density at radius 1 is 1.50 bits per heavy atom. The number of anilines is 1. The number of rotatable bonds is 10. The van der Waals surface area contributed by atoms with Gasteiger partial charge >= 0.3 is 43.0 Å². The Labute approximate surface area is 202 Å². The SMILES string of the molecule is O=C[B]N(Cc1ccn(C2=CC3CN(C2)C(=O)N3OSOOO)n1)c1nccs1.[Na+]. The Morgan fingerprint density at radius 3 is 3.10 bits per heavy atom. The number of urea groups is 1. The summed E-state index contributed by atoms with van der Waals surface area (Å²) in [6.45, 7) is 1.20. The first-order valence-corrected chi connectivity index (χ1v) is 9.84. The van der Waals surface area contributed by atoms with Gasteiger partial charge in [0, 0.05) is 24.3 Å². The molecule has 2 aliphatic heterocycles. The van der Waals surface area contributed by atoms with E-state index in [2.05, 4.69) is 19.5 Å². The molecule has 1 unspecified atom stereocenters. The molecule has 2 amide bonds. The van der Waals surface area contributed by atoms with Crippen LogP contribution in [0.1, 0.15) is 5.69 Å². The monoisotopic (exact) mass is 460 g/mol. The summed E-state index contributed by atoms with van der Waals surface area (Å²) in [6, 6.07) is 1.16. The van der Waals surface area contributed by atoms with Gasteiger partial charge in [0.2, 0.25) is 12.3 Å². The van der Waals surface area contributed by atoms with Gasteiger partial charge in [-0.3, -0.25) is 0 Å². The number of amides is 2. The van der Waals surface area contributed by atoms with Gasteiger partial charge in [0.25, 0.3) is 0 Å². The Kier molecular flexibility index (Phi) is 8.32. The first kappa shape index (κ1) is 23.2. The number of hydroxylamine groups is 2. The van der Waals surface area contributed by atoms with E-state index in [4.69, 9.17) is 9.54 Å². The van der Waals surface area contributed by atoms with Crippen LogP contribution in [0.15, 0.2) is 29.9 Å². The molecule has 151 valence electrons. The summed E-state index contributed by atoms with van der Waals surface area (Å²) < 4.78 is 11.0. The maximum absolute atomic E-state index is 12.4. The first-order valence-electron chi connectivity index (χ1n) is 8.29. The van der Waals surface area contributed by atoms with Crippen molar-refractivity contribution >= 4 is 54.1 Å². The van der Waals surface area contributed by atoms with Gasteiger partial charge in [-0.25, -0.2) is 19.7 Å². The number of hydrogen-bond acceptors (Lipinski definition) is 11. The van der Waals surface area contributed by atoms with Crippen LogP contribution in [0.2, 0.25) is 0 Å². The molecule has 1 N–H and O–H groups in total. The molecule has 2 aliphatic rings. The van der Waals surface area contributed by atoms with Crippen LogP contribution in [0.5, 0.6) is 0 Å². The van der Waals surface area contributed by atoms with Crippen molar-refractivity contribution in [1.82, 2.24) is 24.7 Å². The third kappa shape index (κ3) is 5.07. The Balaban J connectivity index is 0.00000256. The minimum atomic E-state index is -0.344. The van der Waals surface area contributed by atoms with Crippen LogP contribution in [0.4, 0.5) is 9.93 Å². The Bertz CT molecular complexity index is 901. The standard InChI is InChI=1S/C14H14BN6O6S2.Na/c22-9-15-19(13-16-2-4-28-13)6-10-1-3-20(17-10)11-5-12-8-18(7-11)14(23)21(12)25-29-27-26-24;/h1-5,9,12,24H,6-8H2;/q;+1. The van der Waals surface area contributed by atoms with Gasteiger partial charge in [-0.2, -0.15) is 14.4 Å². The van der Waals surface area contributed by atoms with Gasteiger partial charge in [0.05, 0.1) is 24.5 Å². The molecule has 1 radical (unpaired) electrons. The van der Waals surface area contributed by atoms with Crippen LogP contribution < -0.4 is 34.4 Å².